The molecule has 0 bridgehead atoms. The minimum atomic E-state index is -0.357. The Morgan fingerprint density at radius 3 is 2.52 bits per heavy atom. The number of pyridine rings is 1. The lowest BCUT2D eigenvalue weighted by Crippen LogP contribution is -2.67. The third kappa shape index (κ3) is 4.27. The number of aliphatic hydroxyl groups excluding tert-OH is 1. The van der Waals surface area contributed by atoms with Gasteiger partial charge in [0.2, 0.25) is 17.6 Å². The highest BCUT2D eigenvalue weighted by atomic mass is 16.5. The zero-order valence-corrected chi connectivity index (χ0v) is 30.3. The van der Waals surface area contributed by atoms with E-state index in [9.17, 15) is 5.11 Å². The number of carbonyl (C=O) groups is 1. The molecule has 1 N–H and O–H groups in total. The van der Waals surface area contributed by atoms with E-state index in [1.165, 1.54) is 31.3 Å². The average molecular weight is 655 g/mol. The van der Waals surface area contributed by atoms with Crippen molar-refractivity contribution < 1.29 is 14.4 Å². The van der Waals surface area contributed by atoms with Gasteiger partial charge in [0.05, 0.1) is 11.5 Å². The number of hydrogen-bond acceptors (Lipinski definition) is 6. The smallest absolute Gasteiger partial charge is 0.249 e. The summed E-state index contributed by atoms with van der Waals surface area (Å²) >= 11 is 0. The van der Waals surface area contributed by atoms with Gasteiger partial charge in [0, 0.05) is 24.5 Å². The summed E-state index contributed by atoms with van der Waals surface area (Å²) < 4.78 is 5.87. The molecule has 7 nitrogen and oxygen atoms in total. The Labute approximate surface area is 287 Å². The molecule has 8 rings (SSSR count). The second-order valence-corrected chi connectivity index (χ2v) is 18.6. The van der Waals surface area contributed by atoms with Gasteiger partial charge in [0.1, 0.15) is 6.04 Å². The van der Waals surface area contributed by atoms with Gasteiger partial charge in [-0.1, -0.05) is 51.9 Å². The third-order valence-corrected chi connectivity index (χ3v) is 16.6. The number of amides is 1. The van der Waals surface area contributed by atoms with Crippen LogP contribution in [-0.2, 0) is 4.79 Å². The molecule has 6 fully saturated rings. The molecule has 5 saturated carbocycles. The fraction of sp³-hybridized carbons (Fsp3) is 0.756. The highest BCUT2D eigenvalue weighted by molar-refractivity contribution is 5.84. The molecule has 1 saturated heterocycles. The standard InChI is InChI=1S/C41H58N4O3/c1-25(2)27-14-19-41(36(47)45-23-9-11-29(45)35-43-34(44-48-35)26-10-8-22-42-24-26)21-20-39(6)28(33(27)41)12-13-31-38(5)17-16-32(46)37(3,4)30(38)15-18-40(31,39)7/h8,10,22,24,27-33,46H,1,9,11-21,23H2,2-7H3/t27-,28+,29+,30?,31+,32-,33+,38-,39+,40+,41-/m0/s1. The van der Waals surface area contributed by atoms with Crippen LogP contribution in [0.2, 0.25) is 0 Å². The zero-order valence-electron chi connectivity index (χ0n) is 30.3. The molecule has 48 heavy (non-hydrogen) atoms. The SMILES string of the molecule is C=C(C)[C@@H]1CC[C@]2(C(=O)N3CCC[C@@H]3c3nc(-c4cccnc4)no3)CC[C@]3(C)[C@H](CC[C@@H]4[C@@]5(C)CC[C@H](O)C(C)(C)C5CC[C@]43C)[C@@H]12. The summed E-state index contributed by atoms with van der Waals surface area (Å²) in [5.41, 5.74) is 2.34. The minimum Gasteiger partial charge on any atom is -0.393 e. The lowest BCUT2D eigenvalue weighted by atomic mass is 9.32. The molecule has 3 heterocycles. The van der Waals surface area contributed by atoms with Gasteiger partial charge in [-0.2, -0.15) is 4.98 Å². The van der Waals surface area contributed by atoms with Crippen LogP contribution in [0.1, 0.15) is 131 Å². The van der Waals surface area contributed by atoms with Crippen molar-refractivity contribution in [1.29, 1.82) is 0 Å². The van der Waals surface area contributed by atoms with Crippen LogP contribution in [0.3, 0.4) is 0 Å². The van der Waals surface area contributed by atoms with Crippen LogP contribution in [0, 0.1) is 56.7 Å². The molecular formula is C41H58N4O3. The van der Waals surface area contributed by atoms with E-state index in [1.54, 1.807) is 12.4 Å². The van der Waals surface area contributed by atoms with E-state index in [-0.39, 0.29) is 39.2 Å². The number of fused-ring (bicyclic) bond motifs is 7. The first-order valence-corrected chi connectivity index (χ1v) is 19.2. The summed E-state index contributed by atoms with van der Waals surface area (Å²) in [4.78, 5) is 26.5. The second kappa shape index (κ2) is 11.0. The molecule has 2 aromatic rings. The van der Waals surface area contributed by atoms with Crippen LogP contribution in [0.4, 0.5) is 0 Å². The number of likely N-dealkylation sites (tertiary alicyclic amines) is 1. The fourth-order valence-electron chi connectivity index (χ4n) is 14.0. The Morgan fingerprint density at radius 1 is 0.958 bits per heavy atom. The van der Waals surface area contributed by atoms with Crippen LogP contribution < -0.4 is 0 Å². The molecule has 6 aliphatic rings. The molecule has 0 radical (unpaired) electrons. The Morgan fingerprint density at radius 2 is 1.77 bits per heavy atom. The molecule has 2 aromatic heterocycles. The molecule has 1 unspecified atom stereocenters. The third-order valence-electron chi connectivity index (χ3n) is 16.6. The highest BCUT2D eigenvalue weighted by Gasteiger charge is 2.72. The summed E-state index contributed by atoms with van der Waals surface area (Å²) in [5, 5.41) is 15.4. The first-order chi connectivity index (χ1) is 22.8. The maximum Gasteiger partial charge on any atom is 0.249 e. The van der Waals surface area contributed by atoms with Crippen molar-refractivity contribution in [2.75, 3.05) is 6.54 Å². The maximum atomic E-state index is 15.3. The van der Waals surface area contributed by atoms with Gasteiger partial charge in [-0.15, -0.1) is 0 Å². The van der Waals surface area contributed by atoms with Crippen LogP contribution >= 0.6 is 0 Å². The van der Waals surface area contributed by atoms with Crippen molar-refractivity contribution in [3.63, 3.8) is 0 Å². The topological polar surface area (TPSA) is 92.4 Å². The second-order valence-electron chi connectivity index (χ2n) is 18.6. The van der Waals surface area contributed by atoms with E-state index < -0.39 is 0 Å². The molecule has 0 spiro atoms. The molecule has 1 aliphatic heterocycles. The minimum absolute atomic E-state index is 0.0416. The molecule has 7 heteroatoms. The van der Waals surface area contributed by atoms with Gasteiger partial charge in [-0.05, 0) is 147 Å². The van der Waals surface area contributed by atoms with Gasteiger partial charge in [0.15, 0.2) is 0 Å². The Kier molecular flexibility index (Phi) is 7.47. The maximum absolute atomic E-state index is 15.3. The summed E-state index contributed by atoms with van der Waals surface area (Å²) in [7, 11) is 0. The van der Waals surface area contributed by atoms with Crippen LogP contribution in [0.15, 0.2) is 41.2 Å². The van der Waals surface area contributed by atoms with Gasteiger partial charge in [0.25, 0.3) is 0 Å². The highest BCUT2D eigenvalue weighted by Crippen LogP contribution is 2.77. The van der Waals surface area contributed by atoms with E-state index in [4.69, 9.17) is 9.51 Å². The van der Waals surface area contributed by atoms with Crippen molar-refractivity contribution in [1.82, 2.24) is 20.0 Å². The van der Waals surface area contributed by atoms with Gasteiger partial charge >= 0.3 is 0 Å². The molecular weight excluding hydrogens is 596 g/mol. The fourth-order valence-corrected chi connectivity index (χ4v) is 14.0. The first-order valence-electron chi connectivity index (χ1n) is 19.2. The van der Waals surface area contributed by atoms with Crippen molar-refractivity contribution in [2.45, 2.75) is 131 Å². The van der Waals surface area contributed by atoms with Crippen molar-refractivity contribution in [3.05, 3.63) is 42.6 Å². The summed E-state index contributed by atoms with van der Waals surface area (Å²) in [5.74, 6) is 3.86. The van der Waals surface area contributed by atoms with Crippen LogP contribution in [0.25, 0.3) is 11.4 Å². The number of allylic oxidation sites excluding steroid dienone is 1. The molecule has 0 aromatic carbocycles. The zero-order chi connectivity index (χ0) is 33.9. The van der Waals surface area contributed by atoms with Crippen LogP contribution in [-0.4, -0.2) is 43.7 Å². The number of rotatable bonds is 4. The number of aromatic nitrogens is 3. The van der Waals surface area contributed by atoms with Crippen LogP contribution in [0.5, 0.6) is 0 Å². The van der Waals surface area contributed by atoms with Gasteiger partial charge < -0.3 is 14.5 Å². The van der Waals surface area contributed by atoms with E-state index in [0.717, 1.165) is 63.5 Å². The van der Waals surface area contributed by atoms with Crippen molar-refractivity contribution >= 4 is 5.91 Å². The summed E-state index contributed by atoms with van der Waals surface area (Å²) in [6.07, 6.45) is 16.2. The van der Waals surface area contributed by atoms with E-state index >= 15 is 4.79 Å². The lowest BCUT2D eigenvalue weighted by molar-refractivity contribution is -0.247. The average Bonchev–Trinajstić information content (AvgIpc) is 3.82. The number of hydrogen-bond donors (Lipinski definition) is 1. The summed E-state index contributed by atoms with van der Waals surface area (Å²) in [6, 6.07) is 3.65. The van der Waals surface area contributed by atoms with Gasteiger partial charge in [-0.3, -0.25) is 9.78 Å². The Bertz CT molecular complexity index is 1590. The largest absolute Gasteiger partial charge is 0.393 e. The predicted molar refractivity (Wildman–Crippen MR) is 186 cm³/mol. The summed E-state index contributed by atoms with van der Waals surface area (Å²) in [6.45, 7) is 20.1. The molecule has 260 valence electrons. The van der Waals surface area contributed by atoms with Crippen molar-refractivity contribution in [2.24, 2.45) is 56.7 Å². The Hall–Kier alpha value is -2.54. The number of carbonyl (C=O) groups excluding carboxylic acids is 1. The monoisotopic (exact) mass is 654 g/mol. The first kappa shape index (κ1) is 32.7. The van der Waals surface area contributed by atoms with Gasteiger partial charge in [-0.25, -0.2) is 0 Å². The van der Waals surface area contributed by atoms with E-state index in [0.29, 0.717) is 47.2 Å². The lowest BCUT2D eigenvalue weighted by Gasteiger charge is -2.73. The normalized spacial score (nSPS) is 44.7. The van der Waals surface area contributed by atoms with E-state index in [2.05, 4.69) is 63.2 Å². The van der Waals surface area contributed by atoms with Crippen molar-refractivity contribution in [3.8, 4) is 11.4 Å². The molecule has 5 aliphatic carbocycles. The number of nitrogens with zero attached hydrogens (tertiary/aromatic N) is 4. The molecule has 1 amide bonds. The Balaban J connectivity index is 1.12. The van der Waals surface area contributed by atoms with E-state index in [1.807, 2.05) is 12.1 Å². The molecule has 11 atom stereocenters. The quantitative estimate of drug-likeness (QED) is 0.331. The predicted octanol–water partition coefficient (Wildman–Crippen LogP) is 8.81. The number of aliphatic hydroxyl groups is 1.